The second-order valence-corrected chi connectivity index (χ2v) is 6.26. The summed E-state index contributed by atoms with van der Waals surface area (Å²) >= 11 is 0. The fourth-order valence-corrected chi connectivity index (χ4v) is 2.64. The highest BCUT2D eigenvalue weighted by Gasteiger charge is 2.14. The van der Waals surface area contributed by atoms with Crippen LogP contribution in [0.4, 0.5) is 0 Å². The van der Waals surface area contributed by atoms with E-state index < -0.39 is 16.0 Å². The van der Waals surface area contributed by atoms with Crippen molar-refractivity contribution in [2.24, 2.45) is 0 Å². The molecule has 0 spiro atoms. The third-order valence-corrected chi connectivity index (χ3v) is 4.27. The van der Waals surface area contributed by atoms with Gasteiger partial charge in [-0.05, 0) is 30.3 Å². The van der Waals surface area contributed by atoms with E-state index in [-0.39, 0.29) is 23.6 Å². The summed E-state index contributed by atoms with van der Waals surface area (Å²) in [6, 6.07) is 8.93. The van der Waals surface area contributed by atoms with Gasteiger partial charge in [0.05, 0.1) is 17.0 Å². The number of rotatable bonds is 6. The lowest BCUT2D eigenvalue weighted by atomic mass is 10.2. The highest BCUT2D eigenvalue weighted by molar-refractivity contribution is 7.89. The van der Waals surface area contributed by atoms with Crippen molar-refractivity contribution in [2.45, 2.75) is 11.5 Å². The van der Waals surface area contributed by atoms with Crippen molar-refractivity contribution in [3.05, 3.63) is 59.9 Å². The van der Waals surface area contributed by atoms with Gasteiger partial charge in [-0.15, -0.1) is 6.42 Å². The maximum absolute atomic E-state index is 11.9. The van der Waals surface area contributed by atoms with Crippen molar-refractivity contribution in [1.29, 1.82) is 0 Å². The minimum absolute atomic E-state index is 0.0246. The van der Waals surface area contributed by atoms with Crippen LogP contribution in [0.2, 0.25) is 0 Å². The number of aromatic nitrogens is 1. The molecule has 7 heteroatoms. The fraction of sp³-hybridized carbons (Fsp3) is 0.125. The molecule has 1 aromatic carbocycles. The topological polar surface area (TPSA) is 85.4 Å². The second-order valence-electron chi connectivity index (χ2n) is 4.49. The lowest BCUT2D eigenvalue weighted by Crippen LogP contribution is -2.23. The van der Waals surface area contributed by atoms with Gasteiger partial charge < -0.3 is 4.74 Å². The van der Waals surface area contributed by atoms with Crippen LogP contribution in [0.3, 0.4) is 0 Å². The van der Waals surface area contributed by atoms with Crippen molar-refractivity contribution in [1.82, 2.24) is 9.71 Å². The van der Waals surface area contributed by atoms with Gasteiger partial charge in [0.2, 0.25) is 10.0 Å². The SMILES string of the molecule is C#CCNS(=O)(=O)c1ccc(C(=O)OCc2cccnc2)cc1. The molecule has 1 N–H and O–H groups in total. The van der Waals surface area contributed by atoms with Crippen molar-refractivity contribution >= 4 is 16.0 Å². The Hall–Kier alpha value is -2.69. The molecule has 0 atom stereocenters. The average Bonchev–Trinajstić information content (AvgIpc) is 2.59. The van der Waals surface area contributed by atoms with E-state index in [9.17, 15) is 13.2 Å². The van der Waals surface area contributed by atoms with E-state index in [4.69, 9.17) is 11.2 Å². The van der Waals surface area contributed by atoms with Gasteiger partial charge in [0.1, 0.15) is 6.61 Å². The molecule has 0 aliphatic rings. The van der Waals surface area contributed by atoms with Gasteiger partial charge in [-0.2, -0.15) is 4.72 Å². The minimum Gasteiger partial charge on any atom is -0.457 e. The molecule has 0 amide bonds. The van der Waals surface area contributed by atoms with Crippen LogP contribution in [0, 0.1) is 12.3 Å². The number of carbonyl (C=O) groups is 1. The zero-order valence-corrected chi connectivity index (χ0v) is 12.9. The van der Waals surface area contributed by atoms with Crippen LogP contribution < -0.4 is 4.72 Å². The first kappa shape index (κ1) is 16.7. The predicted octanol–water partition coefficient (Wildman–Crippen LogP) is 1.35. The lowest BCUT2D eigenvalue weighted by Gasteiger charge is -2.06. The molecule has 0 bridgehead atoms. The molecule has 1 aromatic heterocycles. The number of nitrogens with one attached hydrogen (secondary N) is 1. The molecule has 2 rings (SSSR count). The number of esters is 1. The Labute approximate surface area is 134 Å². The number of carbonyl (C=O) groups excluding carboxylic acids is 1. The van der Waals surface area contributed by atoms with E-state index in [0.717, 1.165) is 5.56 Å². The Kier molecular flexibility index (Phi) is 5.46. The van der Waals surface area contributed by atoms with Gasteiger partial charge in [-0.3, -0.25) is 4.98 Å². The summed E-state index contributed by atoms with van der Waals surface area (Å²) in [5.41, 5.74) is 1.02. The molecule has 0 saturated heterocycles. The highest BCUT2D eigenvalue weighted by atomic mass is 32.2. The number of hydrogen-bond donors (Lipinski definition) is 1. The third-order valence-electron chi connectivity index (χ3n) is 2.86. The van der Waals surface area contributed by atoms with Crippen molar-refractivity contribution in [3.8, 4) is 12.3 Å². The van der Waals surface area contributed by atoms with Gasteiger partial charge in [0.15, 0.2) is 0 Å². The Morgan fingerprint density at radius 3 is 2.61 bits per heavy atom. The monoisotopic (exact) mass is 330 g/mol. The van der Waals surface area contributed by atoms with Crippen LogP contribution >= 0.6 is 0 Å². The van der Waals surface area contributed by atoms with Crippen LogP contribution in [0.5, 0.6) is 0 Å². The Morgan fingerprint density at radius 2 is 2.00 bits per heavy atom. The van der Waals surface area contributed by atoms with Crippen LogP contribution in [0.15, 0.2) is 53.7 Å². The molecule has 0 radical (unpaired) electrons. The van der Waals surface area contributed by atoms with Gasteiger partial charge in [-0.25, -0.2) is 13.2 Å². The molecular formula is C16H14N2O4S. The maximum Gasteiger partial charge on any atom is 0.338 e. The number of terminal acetylenes is 1. The summed E-state index contributed by atoms with van der Waals surface area (Å²) in [4.78, 5) is 15.9. The van der Waals surface area contributed by atoms with Gasteiger partial charge >= 0.3 is 5.97 Å². The molecule has 0 aliphatic carbocycles. The summed E-state index contributed by atoms with van der Waals surface area (Å²) in [7, 11) is -3.67. The Morgan fingerprint density at radius 1 is 1.26 bits per heavy atom. The largest absolute Gasteiger partial charge is 0.457 e. The third kappa shape index (κ3) is 4.64. The first-order valence-electron chi connectivity index (χ1n) is 6.62. The highest BCUT2D eigenvalue weighted by Crippen LogP contribution is 2.12. The number of benzene rings is 1. The fourth-order valence-electron chi connectivity index (χ4n) is 1.71. The standard InChI is InChI=1S/C16H14N2O4S/c1-2-9-18-23(20,21)15-7-5-14(6-8-15)16(19)22-12-13-4-3-10-17-11-13/h1,3-8,10-11,18H,9,12H2. The zero-order chi connectivity index (χ0) is 16.7. The summed E-state index contributed by atoms with van der Waals surface area (Å²) in [5.74, 6) is 1.64. The minimum atomic E-state index is -3.67. The smallest absolute Gasteiger partial charge is 0.338 e. The molecule has 0 saturated carbocycles. The quantitative estimate of drug-likeness (QED) is 0.638. The molecule has 0 fully saturated rings. The number of hydrogen-bond acceptors (Lipinski definition) is 5. The summed E-state index contributed by atoms with van der Waals surface area (Å²) < 4.78 is 31.1. The van der Waals surface area contributed by atoms with Gasteiger partial charge in [-0.1, -0.05) is 12.0 Å². The van der Waals surface area contributed by atoms with Crippen molar-refractivity contribution < 1.29 is 17.9 Å². The summed E-state index contributed by atoms with van der Waals surface area (Å²) in [5, 5.41) is 0. The van der Waals surface area contributed by atoms with E-state index in [0.29, 0.717) is 0 Å². The second kappa shape index (κ2) is 7.54. The van der Waals surface area contributed by atoms with Crippen molar-refractivity contribution in [2.75, 3.05) is 6.54 Å². The molecular weight excluding hydrogens is 316 g/mol. The molecule has 0 unspecified atom stereocenters. The molecule has 6 nitrogen and oxygen atoms in total. The zero-order valence-electron chi connectivity index (χ0n) is 12.1. The average molecular weight is 330 g/mol. The van der Waals surface area contributed by atoms with E-state index >= 15 is 0 Å². The number of ether oxygens (including phenoxy) is 1. The predicted molar refractivity (Wildman–Crippen MR) is 83.8 cm³/mol. The van der Waals surface area contributed by atoms with Crippen LogP contribution in [-0.4, -0.2) is 25.9 Å². The number of sulfonamides is 1. The maximum atomic E-state index is 11.9. The molecule has 118 valence electrons. The van der Waals surface area contributed by atoms with E-state index in [1.807, 2.05) is 0 Å². The molecule has 0 aliphatic heterocycles. The first-order valence-corrected chi connectivity index (χ1v) is 8.10. The van der Waals surface area contributed by atoms with E-state index in [1.54, 1.807) is 24.5 Å². The van der Waals surface area contributed by atoms with E-state index in [1.165, 1.54) is 24.3 Å². The number of nitrogens with zero attached hydrogens (tertiary/aromatic N) is 1. The van der Waals surface area contributed by atoms with E-state index in [2.05, 4.69) is 15.6 Å². The summed E-state index contributed by atoms with van der Waals surface area (Å²) in [6.45, 7) is -0.00626. The number of pyridine rings is 1. The van der Waals surface area contributed by atoms with Crippen LogP contribution in [0.1, 0.15) is 15.9 Å². The first-order chi connectivity index (χ1) is 11.0. The molecule has 1 heterocycles. The van der Waals surface area contributed by atoms with Crippen LogP contribution in [0.25, 0.3) is 0 Å². The van der Waals surface area contributed by atoms with Crippen LogP contribution in [-0.2, 0) is 21.4 Å². The lowest BCUT2D eigenvalue weighted by molar-refractivity contribution is 0.0472. The van der Waals surface area contributed by atoms with Gasteiger partial charge in [0, 0.05) is 18.0 Å². The molecule has 23 heavy (non-hydrogen) atoms. The van der Waals surface area contributed by atoms with Crippen molar-refractivity contribution in [3.63, 3.8) is 0 Å². The summed E-state index contributed by atoms with van der Waals surface area (Å²) in [6.07, 6.45) is 8.24. The Balaban J connectivity index is 2.02. The Bertz CT molecular complexity index is 809. The van der Waals surface area contributed by atoms with Gasteiger partial charge in [0.25, 0.3) is 0 Å². The normalized spacial score (nSPS) is 10.7. The molecule has 2 aromatic rings.